The Kier molecular flexibility index (Phi) is 4.39. The van der Waals surface area contributed by atoms with Crippen molar-refractivity contribution in [3.8, 4) is 0 Å². The van der Waals surface area contributed by atoms with Crippen LogP contribution in [0, 0.1) is 6.92 Å². The normalized spacial score (nSPS) is 10.5. The number of esters is 1. The van der Waals surface area contributed by atoms with Crippen LogP contribution in [0.4, 0.5) is 5.69 Å². The Hall–Kier alpha value is -2.66. The van der Waals surface area contributed by atoms with Gasteiger partial charge in [0.2, 0.25) is 0 Å². The van der Waals surface area contributed by atoms with Crippen LogP contribution in [0.1, 0.15) is 15.2 Å². The number of rotatable bonds is 4. The average Bonchev–Trinajstić information content (AvgIpc) is 2.91. The van der Waals surface area contributed by atoms with Crippen molar-refractivity contribution in [3.05, 3.63) is 65.0 Å². The Morgan fingerprint density at radius 3 is 2.48 bits per heavy atom. The monoisotopic (exact) mass is 325 g/mol. The summed E-state index contributed by atoms with van der Waals surface area (Å²) < 4.78 is 6.16. The van der Waals surface area contributed by atoms with Gasteiger partial charge in [0, 0.05) is 10.4 Å². The Bertz CT molecular complexity index is 855. The molecule has 1 N–H and O–H groups in total. The zero-order valence-electron chi connectivity index (χ0n) is 12.5. The number of benzene rings is 2. The lowest BCUT2D eigenvalue weighted by Crippen LogP contribution is -2.20. The Balaban J connectivity index is 1.64. The van der Waals surface area contributed by atoms with Crippen LogP contribution in [-0.4, -0.2) is 18.5 Å². The molecule has 0 saturated heterocycles. The third kappa shape index (κ3) is 3.40. The molecule has 3 rings (SSSR count). The van der Waals surface area contributed by atoms with E-state index in [1.807, 2.05) is 49.4 Å². The minimum absolute atomic E-state index is 0.304. The zero-order valence-corrected chi connectivity index (χ0v) is 13.4. The Morgan fingerprint density at radius 2 is 1.74 bits per heavy atom. The number of fused-ring (bicyclic) bond motifs is 1. The van der Waals surface area contributed by atoms with Gasteiger partial charge in [-0.25, -0.2) is 4.79 Å². The van der Waals surface area contributed by atoms with Crippen LogP contribution in [0.15, 0.2) is 54.6 Å². The van der Waals surface area contributed by atoms with Gasteiger partial charge >= 0.3 is 5.97 Å². The van der Waals surface area contributed by atoms with Gasteiger partial charge in [-0.2, -0.15) is 0 Å². The van der Waals surface area contributed by atoms with Crippen molar-refractivity contribution < 1.29 is 14.3 Å². The van der Waals surface area contributed by atoms with Crippen LogP contribution < -0.4 is 5.32 Å². The first-order valence-electron chi connectivity index (χ1n) is 7.15. The van der Waals surface area contributed by atoms with Crippen LogP contribution in [0.25, 0.3) is 10.1 Å². The maximum atomic E-state index is 12.2. The topological polar surface area (TPSA) is 55.4 Å². The van der Waals surface area contributed by atoms with E-state index in [1.165, 1.54) is 11.3 Å². The number of carbonyl (C=O) groups excluding carboxylic acids is 2. The summed E-state index contributed by atoms with van der Waals surface area (Å²) in [4.78, 5) is 24.6. The van der Waals surface area contributed by atoms with Gasteiger partial charge in [0.05, 0.1) is 0 Å². The molecule has 0 radical (unpaired) electrons. The van der Waals surface area contributed by atoms with Crippen LogP contribution in [0.2, 0.25) is 0 Å². The third-order valence-corrected chi connectivity index (χ3v) is 4.67. The number of amides is 1. The van der Waals surface area contributed by atoms with Gasteiger partial charge in [0.25, 0.3) is 5.91 Å². The smallest absolute Gasteiger partial charge is 0.349 e. The number of ether oxygens (including phenoxy) is 1. The molecule has 2 aromatic carbocycles. The highest BCUT2D eigenvalue weighted by molar-refractivity contribution is 7.21. The fourth-order valence-corrected chi connectivity index (χ4v) is 3.39. The summed E-state index contributed by atoms with van der Waals surface area (Å²) in [6.45, 7) is 1.58. The number of hydrogen-bond donors (Lipinski definition) is 1. The first kappa shape index (κ1) is 15.2. The molecule has 3 aromatic rings. The molecule has 0 fully saturated rings. The summed E-state index contributed by atoms with van der Waals surface area (Å²) in [6, 6.07) is 16.9. The second-order valence-corrected chi connectivity index (χ2v) is 6.09. The van der Waals surface area contributed by atoms with E-state index in [2.05, 4.69) is 5.32 Å². The summed E-state index contributed by atoms with van der Waals surface area (Å²) in [5.74, 6) is -0.824. The highest BCUT2D eigenvalue weighted by atomic mass is 32.1. The predicted octanol–water partition coefficient (Wildman–Crippen LogP) is 4.01. The van der Waals surface area contributed by atoms with E-state index in [-0.39, 0.29) is 12.5 Å². The van der Waals surface area contributed by atoms with E-state index in [1.54, 1.807) is 12.1 Å². The van der Waals surface area contributed by atoms with E-state index in [0.717, 1.165) is 15.6 Å². The van der Waals surface area contributed by atoms with Gasteiger partial charge in [-0.15, -0.1) is 11.3 Å². The predicted molar refractivity (Wildman–Crippen MR) is 91.9 cm³/mol. The van der Waals surface area contributed by atoms with Crippen LogP contribution in [0.5, 0.6) is 0 Å². The van der Waals surface area contributed by atoms with Gasteiger partial charge < -0.3 is 10.1 Å². The maximum Gasteiger partial charge on any atom is 0.349 e. The summed E-state index contributed by atoms with van der Waals surface area (Å²) in [5, 5.41) is 3.72. The molecule has 1 amide bonds. The van der Waals surface area contributed by atoms with Crippen molar-refractivity contribution in [3.63, 3.8) is 0 Å². The fourth-order valence-electron chi connectivity index (χ4n) is 2.28. The molecular formula is C18H15NO3S. The molecule has 116 valence electrons. The number of anilines is 1. The van der Waals surface area contributed by atoms with E-state index in [0.29, 0.717) is 10.6 Å². The Morgan fingerprint density at radius 1 is 1.04 bits per heavy atom. The largest absolute Gasteiger partial charge is 0.451 e. The van der Waals surface area contributed by atoms with Crippen molar-refractivity contribution in [1.82, 2.24) is 0 Å². The first-order valence-corrected chi connectivity index (χ1v) is 7.97. The molecule has 0 atom stereocenters. The summed E-state index contributed by atoms with van der Waals surface area (Å²) in [5.41, 5.74) is 1.56. The molecule has 0 aliphatic heterocycles. The zero-order chi connectivity index (χ0) is 16.2. The molecule has 0 aliphatic carbocycles. The van der Waals surface area contributed by atoms with Crippen molar-refractivity contribution in [2.24, 2.45) is 0 Å². The summed E-state index contributed by atoms with van der Waals surface area (Å²) in [6.07, 6.45) is 0. The molecule has 1 heterocycles. The maximum absolute atomic E-state index is 12.2. The summed E-state index contributed by atoms with van der Waals surface area (Å²) >= 11 is 1.38. The molecule has 0 spiro atoms. The second kappa shape index (κ2) is 6.62. The highest BCUT2D eigenvalue weighted by Crippen LogP contribution is 2.30. The van der Waals surface area contributed by atoms with Crippen molar-refractivity contribution >= 4 is 39.0 Å². The molecule has 0 aliphatic rings. The van der Waals surface area contributed by atoms with E-state index in [4.69, 9.17) is 4.74 Å². The minimum atomic E-state index is -0.466. The van der Waals surface area contributed by atoms with Gasteiger partial charge in [0.1, 0.15) is 4.88 Å². The lowest BCUT2D eigenvalue weighted by atomic mass is 10.1. The molecule has 4 nitrogen and oxygen atoms in total. The van der Waals surface area contributed by atoms with Gasteiger partial charge in [-0.3, -0.25) is 4.79 Å². The van der Waals surface area contributed by atoms with Gasteiger partial charge in [-0.05, 0) is 36.1 Å². The first-order chi connectivity index (χ1) is 11.1. The second-order valence-electron chi connectivity index (χ2n) is 5.04. The third-order valence-electron chi connectivity index (χ3n) is 3.42. The lowest BCUT2D eigenvalue weighted by Gasteiger charge is -2.06. The highest BCUT2D eigenvalue weighted by Gasteiger charge is 2.17. The van der Waals surface area contributed by atoms with E-state index >= 15 is 0 Å². The lowest BCUT2D eigenvalue weighted by molar-refractivity contribution is -0.119. The van der Waals surface area contributed by atoms with Crippen molar-refractivity contribution in [1.29, 1.82) is 0 Å². The SMILES string of the molecule is Cc1c(C(=O)OCC(=O)Nc2ccccc2)sc2ccccc12. The molecule has 0 unspecified atom stereocenters. The van der Waals surface area contributed by atoms with E-state index in [9.17, 15) is 9.59 Å². The molecular weight excluding hydrogens is 310 g/mol. The quantitative estimate of drug-likeness (QED) is 0.738. The number of thiophene rings is 1. The number of aryl methyl sites for hydroxylation is 1. The van der Waals surface area contributed by atoms with Gasteiger partial charge in [0.15, 0.2) is 6.61 Å². The van der Waals surface area contributed by atoms with Crippen molar-refractivity contribution in [2.75, 3.05) is 11.9 Å². The van der Waals surface area contributed by atoms with E-state index < -0.39 is 5.97 Å². The minimum Gasteiger partial charge on any atom is -0.451 e. The molecule has 5 heteroatoms. The van der Waals surface area contributed by atoms with Crippen LogP contribution in [0.3, 0.4) is 0 Å². The number of carbonyl (C=O) groups is 2. The summed E-state index contributed by atoms with van der Waals surface area (Å²) in [7, 11) is 0. The molecule has 23 heavy (non-hydrogen) atoms. The molecule has 1 aromatic heterocycles. The number of hydrogen-bond acceptors (Lipinski definition) is 4. The van der Waals surface area contributed by atoms with Gasteiger partial charge in [-0.1, -0.05) is 36.4 Å². The molecule has 0 bridgehead atoms. The van der Waals surface area contributed by atoms with Crippen LogP contribution in [-0.2, 0) is 9.53 Å². The van der Waals surface area contributed by atoms with Crippen molar-refractivity contribution in [2.45, 2.75) is 6.92 Å². The number of para-hydroxylation sites is 1. The molecule has 0 saturated carbocycles. The Labute approximate surface area is 137 Å². The van der Waals surface area contributed by atoms with Crippen LogP contribution >= 0.6 is 11.3 Å². The standard InChI is InChI=1S/C18H15NO3S/c1-12-14-9-5-6-10-15(14)23-17(12)18(21)22-11-16(20)19-13-7-3-2-4-8-13/h2-10H,11H2,1H3,(H,19,20). The number of nitrogens with one attached hydrogen (secondary N) is 1. The average molecular weight is 325 g/mol. The fraction of sp³-hybridized carbons (Fsp3) is 0.111.